The normalized spacial score (nSPS) is 11.5. The molecule has 6 aromatic carbocycles. The highest BCUT2D eigenvalue weighted by Crippen LogP contribution is 2.42. The molecule has 0 amide bonds. The number of benzene rings is 6. The van der Waals surface area contributed by atoms with Crippen molar-refractivity contribution in [3.63, 3.8) is 0 Å². The van der Waals surface area contributed by atoms with E-state index in [2.05, 4.69) is 151 Å². The van der Waals surface area contributed by atoms with Gasteiger partial charge in [0.25, 0.3) is 0 Å². The lowest BCUT2D eigenvalue weighted by atomic mass is 9.90. The molecule has 0 fully saturated rings. The summed E-state index contributed by atoms with van der Waals surface area (Å²) in [5.74, 6) is 0. The van der Waals surface area contributed by atoms with Crippen molar-refractivity contribution in [2.45, 2.75) is 0 Å². The lowest BCUT2D eigenvalue weighted by Crippen LogP contribution is -1.94. The standard InChI is InChI=1S/C43H27N3/c1-3-11-28(12-4-1)36-27-39(29-13-5-2-6-14-29)46-43-37(26-33-15-7-8-19-35(33)40(36)43)32-16-9-17-34(25-32)38-23-22-31-21-20-30-18-10-24-44-41(30)42(31)45-38/h1-27H. The fraction of sp³-hybridized carbons (Fsp3) is 0. The lowest BCUT2D eigenvalue weighted by molar-refractivity contribution is 1.37. The van der Waals surface area contributed by atoms with Crippen LogP contribution in [0.5, 0.6) is 0 Å². The van der Waals surface area contributed by atoms with E-state index in [0.29, 0.717) is 0 Å². The molecule has 0 bridgehead atoms. The van der Waals surface area contributed by atoms with Gasteiger partial charge in [-0.25, -0.2) is 9.97 Å². The van der Waals surface area contributed by atoms with Gasteiger partial charge in [0.1, 0.15) is 0 Å². The Bertz CT molecular complexity index is 2570. The number of rotatable bonds is 4. The van der Waals surface area contributed by atoms with Gasteiger partial charge < -0.3 is 0 Å². The second kappa shape index (κ2) is 10.8. The van der Waals surface area contributed by atoms with Crippen LogP contribution in [-0.2, 0) is 0 Å². The monoisotopic (exact) mass is 585 g/mol. The molecule has 9 aromatic rings. The van der Waals surface area contributed by atoms with Crippen LogP contribution in [0.4, 0.5) is 0 Å². The summed E-state index contributed by atoms with van der Waals surface area (Å²) in [7, 11) is 0. The van der Waals surface area contributed by atoms with E-state index in [1.165, 1.54) is 21.9 Å². The first kappa shape index (κ1) is 26.2. The van der Waals surface area contributed by atoms with E-state index >= 15 is 0 Å². The van der Waals surface area contributed by atoms with E-state index in [4.69, 9.17) is 9.97 Å². The highest BCUT2D eigenvalue weighted by molar-refractivity contribution is 6.18. The Balaban J connectivity index is 1.31. The summed E-state index contributed by atoms with van der Waals surface area (Å²) < 4.78 is 0. The van der Waals surface area contributed by atoms with Crippen molar-refractivity contribution in [1.82, 2.24) is 15.0 Å². The van der Waals surface area contributed by atoms with Gasteiger partial charge in [0.15, 0.2) is 0 Å². The number of pyridine rings is 3. The third kappa shape index (κ3) is 4.41. The maximum absolute atomic E-state index is 5.41. The summed E-state index contributed by atoms with van der Waals surface area (Å²) in [6.45, 7) is 0. The van der Waals surface area contributed by atoms with E-state index < -0.39 is 0 Å². The third-order valence-corrected chi connectivity index (χ3v) is 8.86. The van der Waals surface area contributed by atoms with Gasteiger partial charge in [-0.2, -0.15) is 0 Å². The Morgan fingerprint density at radius 2 is 1.00 bits per heavy atom. The predicted molar refractivity (Wildman–Crippen MR) is 192 cm³/mol. The maximum atomic E-state index is 5.41. The highest BCUT2D eigenvalue weighted by atomic mass is 14.8. The molecule has 3 heteroatoms. The zero-order valence-corrected chi connectivity index (χ0v) is 24.9. The van der Waals surface area contributed by atoms with Crippen LogP contribution in [0.15, 0.2) is 164 Å². The molecule has 0 aliphatic carbocycles. The van der Waals surface area contributed by atoms with Gasteiger partial charge in [-0.3, -0.25) is 4.98 Å². The molecule has 9 rings (SSSR count). The summed E-state index contributed by atoms with van der Waals surface area (Å²) in [5.41, 5.74) is 11.4. The van der Waals surface area contributed by atoms with Gasteiger partial charge in [-0.15, -0.1) is 0 Å². The molecule has 214 valence electrons. The smallest absolute Gasteiger partial charge is 0.0972 e. The van der Waals surface area contributed by atoms with Crippen LogP contribution in [0.25, 0.3) is 88.2 Å². The fourth-order valence-corrected chi connectivity index (χ4v) is 6.64. The molecule has 0 saturated carbocycles. The first-order chi connectivity index (χ1) is 22.8. The Kier molecular flexibility index (Phi) is 6.14. The van der Waals surface area contributed by atoms with Gasteiger partial charge in [0, 0.05) is 39.0 Å². The van der Waals surface area contributed by atoms with Crippen LogP contribution in [0, 0.1) is 0 Å². The van der Waals surface area contributed by atoms with Crippen LogP contribution in [0.3, 0.4) is 0 Å². The van der Waals surface area contributed by atoms with E-state index in [1.54, 1.807) is 0 Å². The minimum absolute atomic E-state index is 0.916. The van der Waals surface area contributed by atoms with Gasteiger partial charge >= 0.3 is 0 Å². The molecule has 46 heavy (non-hydrogen) atoms. The van der Waals surface area contributed by atoms with Crippen molar-refractivity contribution in [3.8, 4) is 44.8 Å². The molecule has 3 heterocycles. The number of hydrogen-bond donors (Lipinski definition) is 0. The van der Waals surface area contributed by atoms with Crippen LogP contribution >= 0.6 is 0 Å². The number of hydrogen-bond acceptors (Lipinski definition) is 3. The fourth-order valence-electron chi connectivity index (χ4n) is 6.64. The number of nitrogens with zero attached hydrogens (tertiary/aromatic N) is 3. The van der Waals surface area contributed by atoms with Crippen molar-refractivity contribution in [2.24, 2.45) is 0 Å². The van der Waals surface area contributed by atoms with Gasteiger partial charge in [-0.05, 0) is 57.8 Å². The molecule has 0 saturated heterocycles. The highest BCUT2D eigenvalue weighted by Gasteiger charge is 2.18. The van der Waals surface area contributed by atoms with E-state index in [0.717, 1.165) is 66.4 Å². The zero-order valence-electron chi connectivity index (χ0n) is 24.9. The molecule has 0 spiro atoms. The second-order valence-electron chi connectivity index (χ2n) is 11.6. The van der Waals surface area contributed by atoms with E-state index in [-0.39, 0.29) is 0 Å². The van der Waals surface area contributed by atoms with Crippen molar-refractivity contribution >= 4 is 43.5 Å². The van der Waals surface area contributed by atoms with Crippen LogP contribution in [0.2, 0.25) is 0 Å². The summed E-state index contributed by atoms with van der Waals surface area (Å²) in [5, 5.41) is 5.70. The molecule has 0 aliphatic heterocycles. The minimum atomic E-state index is 0.916. The SMILES string of the molecule is c1ccc(-c2cc(-c3ccccc3)c3c(n2)c(-c2cccc(-c4ccc5ccc6cccnc6c5n4)c2)cc2ccccc23)cc1. The van der Waals surface area contributed by atoms with Gasteiger partial charge in [-0.1, -0.05) is 127 Å². The lowest BCUT2D eigenvalue weighted by Gasteiger charge is -2.17. The van der Waals surface area contributed by atoms with E-state index in [9.17, 15) is 0 Å². The summed E-state index contributed by atoms with van der Waals surface area (Å²) in [6, 6.07) is 55.5. The Labute approximate surface area is 266 Å². The predicted octanol–water partition coefficient (Wildman–Crippen LogP) is 11.2. The summed E-state index contributed by atoms with van der Waals surface area (Å²) >= 11 is 0. The molecule has 3 nitrogen and oxygen atoms in total. The van der Waals surface area contributed by atoms with Gasteiger partial charge in [0.2, 0.25) is 0 Å². The van der Waals surface area contributed by atoms with Crippen molar-refractivity contribution in [1.29, 1.82) is 0 Å². The molecule has 0 radical (unpaired) electrons. The van der Waals surface area contributed by atoms with E-state index in [1.807, 2.05) is 18.3 Å². The second-order valence-corrected chi connectivity index (χ2v) is 11.6. The Morgan fingerprint density at radius 1 is 0.348 bits per heavy atom. The molecule has 0 unspecified atom stereocenters. The first-order valence-electron chi connectivity index (χ1n) is 15.5. The molecular weight excluding hydrogens is 558 g/mol. The molecule has 0 N–H and O–H groups in total. The van der Waals surface area contributed by atoms with Crippen LogP contribution < -0.4 is 0 Å². The topological polar surface area (TPSA) is 38.7 Å². The third-order valence-electron chi connectivity index (χ3n) is 8.86. The zero-order chi connectivity index (χ0) is 30.5. The summed E-state index contributed by atoms with van der Waals surface area (Å²) in [6.07, 6.45) is 1.84. The quantitative estimate of drug-likeness (QED) is 0.193. The van der Waals surface area contributed by atoms with Crippen molar-refractivity contribution in [3.05, 3.63) is 164 Å². The summed E-state index contributed by atoms with van der Waals surface area (Å²) in [4.78, 5) is 15.2. The number of fused-ring (bicyclic) bond motifs is 6. The first-order valence-corrected chi connectivity index (χ1v) is 15.5. The molecule has 0 atom stereocenters. The largest absolute Gasteiger partial charge is 0.254 e. The molecule has 3 aromatic heterocycles. The maximum Gasteiger partial charge on any atom is 0.0972 e. The Hall–Kier alpha value is -6.19. The van der Waals surface area contributed by atoms with Crippen molar-refractivity contribution < 1.29 is 0 Å². The average molecular weight is 586 g/mol. The average Bonchev–Trinajstić information content (AvgIpc) is 3.14. The van der Waals surface area contributed by atoms with Gasteiger partial charge in [0.05, 0.1) is 27.9 Å². The molecule has 0 aliphatic rings. The number of aromatic nitrogens is 3. The van der Waals surface area contributed by atoms with Crippen molar-refractivity contribution in [2.75, 3.05) is 0 Å². The Morgan fingerprint density at radius 3 is 1.85 bits per heavy atom. The van der Waals surface area contributed by atoms with Crippen LogP contribution in [0.1, 0.15) is 0 Å². The van der Waals surface area contributed by atoms with Crippen LogP contribution in [-0.4, -0.2) is 15.0 Å². The molecular formula is C43H27N3. The minimum Gasteiger partial charge on any atom is -0.254 e.